The molecule has 3 aromatic rings. The Hall–Kier alpha value is -1.39. The molecular formula is C14H14ClN3S. The van der Waals surface area contributed by atoms with Gasteiger partial charge in [0.05, 0.1) is 23.6 Å². The van der Waals surface area contributed by atoms with Crippen LogP contribution in [0.5, 0.6) is 0 Å². The Morgan fingerprint density at radius 3 is 2.95 bits per heavy atom. The van der Waals surface area contributed by atoms with Gasteiger partial charge in [0.15, 0.2) is 0 Å². The molecule has 0 amide bonds. The van der Waals surface area contributed by atoms with Gasteiger partial charge in [-0.2, -0.15) is 11.3 Å². The number of rotatable bonds is 3. The highest BCUT2D eigenvalue weighted by molar-refractivity contribution is 7.08. The molecule has 1 atom stereocenters. The molecule has 0 N–H and O–H groups in total. The quantitative estimate of drug-likeness (QED) is 0.679. The summed E-state index contributed by atoms with van der Waals surface area (Å²) in [6, 6.07) is 1.99. The standard InChI is InChI=1S/C14H14ClN3S/c1-9-7-19-8-11(9)6-18-13-3-4-16-5-12(13)17-14(18)10(2)15/h3-5,7-8,10H,6H2,1-2H3. The Bertz CT molecular complexity index is 714. The summed E-state index contributed by atoms with van der Waals surface area (Å²) in [6.07, 6.45) is 3.58. The summed E-state index contributed by atoms with van der Waals surface area (Å²) in [6.45, 7) is 4.89. The van der Waals surface area contributed by atoms with Crippen molar-refractivity contribution in [3.63, 3.8) is 0 Å². The van der Waals surface area contributed by atoms with E-state index in [0.717, 1.165) is 23.4 Å². The Balaban J connectivity index is 2.15. The van der Waals surface area contributed by atoms with Crippen LogP contribution in [0.2, 0.25) is 0 Å². The fourth-order valence-electron chi connectivity index (χ4n) is 2.19. The first-order valence-corrected chi connectivity index (χ1v) is 7.50. The molecule has 0 bridgehead atoms. The molecule has 3 heterocycles. The second kappa shape index (κ2) is 4.94. The van der Waals surface area contributed by atoms with E-state index in [1.54, 1.807) is 23.7 Å². The second-order valence-electron chi connectivity index (χ2n) is 4.62. The van der Waals surface area contributed by atoms with Crippen molar-refractivity contribution in [3.05, 3.63) is 46.2 Å². The minimum Gasteiger partial charge on any atom is -0.322 e. The predicted octanol–water partition coefficient (Wildman–Crippen LogP) is 4.15. The first-order chi connectivity index (χ1) is 9.16. The van der Waals surface area contributed by atoms with Crippen molar-refractivity contribution < 1.29 is 0 Å². The molecule has 0 radical (unpaired) electrons. The zero-order chi connectivity index (χ0) is 13.4. The summed E-state index contributed by atoms with van der Waals surface area (Å²) < 4.78 is 2.18. The van der Waals surface area contributed by atoms with E-state index in [4.69, 9.17) is 11.6 Å². The van der Waals surface area contributed by atoms with E-state index in [-0.39, 0.29) is 5.38 Å². The van der Waals surface area contributed by atoms with Gasteiger partial charge in [0, 0.05) is 6.20 Å². The molecule has 3 nitrogen and oxygen atoms in total. The number of hydrogen-bond donors (Lipinski definition) is 0. The van der Waals surface area contributed by atoms with Crippen molar-refractivity contribution >= 4 is 34.0 Å². The maximum absolute atomic E-state index is 6.26. The highest BCUT2D eigenvalue weighted by atomic mass is 35.5. The van der Waals surface area contributed by atoms with Gasteiger partial charge in [0.2, 0.25) is 0 Å². The molecule has 0 saturated carbocycles. The number of pyridine rings is 1. The number of fused-ring (bicyclic) bond motifs is 1. The van der Waals surface area contributed by atoms with Gasteiger partial charge < -0.3 is 4.57 Å². The smallest absolute Gasteiger partial charge is 0.128 e. The Labute approximate surface area is 120 Å². The summed E-state index contributed by atoms with van der Waals surface area (Å²) in [4.78, 5) is 8.72. The van der Waals surface area contributed by atoms with Crippen LogP contribution in [0.15, 0.2) is 29.2 Å². The fourth-order valence-corrected chi connectivity index (χ4v) is 3.20. The number of alkyl halides is 1. The van der Waals surface area contributed by atoms with Gasteiger partial charge in [-0.05, 0) is 41.8 Å². The fraction of sp³-hybridized carbons (Fsp3) is 0.286. The van der Waals surface area contributed by atoms with Gasteiger partial charge in [-0.3, -0.25) is 4.98 Å². The normalized spacial score (nSPS) is 13.0. The third-order valence-corrected chi connectivity index (χ3v) is 4.33. The molecule has 98 valence electrons. The maximum Gasteiger partial charge on any atom is 0.128 e. The van der Waals surface area contributed by atoms with E-state index in [0.29, 0.717) is 0 Å². The Morgan fingerprint density at radius 2 is 2.26 bits per heavy atom. The topological polar surface area (TPSA) is 30.7 Å². The Kier molecular flexibility index (Phi) is 3.29. The van der Waals surface area contributed by atoms with Crippen LogP contribution in [0, 0.1) is 6.92 Å². The van der Waals surface area contributed by atoms with Crippen molar-refractivity contribution in [1.29, 1.82) is 0 Å². The Morgan fingerprint density at radius 1 is 1.42 bits per heavy atom. The molecule has 0 saturated heterocycles. The molecular weight excluding hydrogens is 278 g/mol. The number of aromatic nitrogens is 3. The molecule has 1 unspecified atom stereocenters. The van der Waals surface area contributed by atoms with Gasteiger partial charge in [0.1, 0.15) is 11.3 Å². The summed E-state index contributed by atoms with van der Waals surface area (Å²) >= 11 is 7.99. The molecule has 0 spiro atoms. The van der Waals surface area contributed by atoms with Crippen LogP contribution in [0.4, 0.5) is 0 Å². The number of nitrogens with zero attached hydrogens (tertiary/aromatic N) is 3. The lowest BCUT2D eigenvalue weighted by molar-refractivity contribution is 0.741. The largest absolute Gasteiger partial charge is 0.322 e. The van der Waals surface area contributed by atoms with Crippen molar-refractivity contribution in [3.8, 4) is 0 Å². The second-order valence-corrected chi connectivity index (χ2v) is 6.01. The van der Waals surface area contributed by atoms with E-state index < -0.39 is 0 Å². The number of halogens is 1. The number of hydrogen-bond acceptors (Lipinski definition) is 3. The van der Waals surface area contributed by atoms with Crippen LogP contribution >= 0.6 is 22.9 Å². The lowest BCUT2D eigenvalue weighted by Gasteiger charge is -2.10. The summed E-state index contributed by atoms with van der Waals surface area (Å²) in [5, 5.41) is 4.23. The van der Waals surface area contributed by atoms with Gasteiger partial charge in [-0.25, -0.2) is 4.98 Å². The third-order valence-electron chi connectivity index (χ3n) is 3.23. The average molecular weight is 292 g/mol. The van der Waals surface area contributed by atoms with Crippen molar-refractivity contribution in [2.75, 3.05) is 0 Å². The van der Waals surface area contributed by atoms with E-state index in [9.17, 15) is 0 Å². The van der Waals surface area contributed by atoms with Crippen molar-refractivity contribution in [2.45, 2.75) is 25.8 Å². The molecule has 19 heavy (non-hydrogen) atoms. The van der Waals surface area contributed by atoms with E-state index >= 15 is 0 Å². The monoisotopic (exact) mass is 291 g/mol. The minimum atomic E-state index is -0.119. The van der Waals surface area contributed by atoms with Crippen LogP contribution in [0.25, 0.3) is 11.0 Å². The number of aryl methyl sites for hydroxylation is 1. The van der Waals surface area contributed by atoms with Crippen molar-refractivity contribution in [1.82, 2.24) is 14.5 Å². The molecule has 0 aliphatic carbocycles. The molecule has 3 rings (SSSR count). The summed E-state index contributed by atoms with van der Waals surface area (Å²) in [5.41, 5.74) is 4.62. The zero-order valence-corrected chi connectivity index (χ0v) is 12.4. The third kappa shape index (κ3) is 2.26. The first-order valence-electron chi connectivity index (χ1n) is 6.12. The van der Waals surface area contributed by atoms with Crippen LogP contribution in [0.3, 0.4) is 0 Å². The zero-order valence-electron chi connectivity index (χ0n) is 10.8. The minimum absolute atomic E-state index is 0.119. The molecule has 3 aromatic heterocycles. The maximum atomic E-state index is 6.26. The summed E-state index contributed by atoms with van der Waals surface area (Å²) in [5.74, 6) is 0.898. The van der Waals surface area contributed by atoms with E-state index in [1.165, 1.54) is 11.1 Å². The van der Waals surface area contributed by atoms with Crippen molar-refractivity contribution in [2.24, 2.45) is 0 Å². The molecule has 5 heteroatoms. The first kappa shape index (κ1) is 12.6. The average Bonchev–Trinajstić information content (AvgIpc) is 2.95. The van der Waals surface area contributed by atoms with Crippen LogP contribution in [0.1, 0.15) is 29.3 Å². The van der Waals surface area contributed by atoms with Gasteiger partial charge in [0.25, 0.3) is 0 Å². The van der Waals surface area contributed by atoms with Gasteiger partial charge in [-0.1, -0.05) is 0 Å². The van der Waals surface area contributed by atoms with Crippen LogP contribution in [-0.4, -0.2) is 14.5 Å². The molecule has 0 aliphatic rings. The number of thiophene rings is 1. The highest BCUT2D eigenvalue weighted by Crippen LogP contribution is 2.26. The van der Waals surface area contributed by atoms with Gasteiger partial charge in [-0.15, -0.1) is 11.6 Å². The van der Waals surface area contributed by atoms with E-state index in [1.807, 2.05) is 13.0 Å². The molecule has 0 aliphatic heterocycles. The van der Waals surface area contributed by atoms with Gasteiger partial charge >= 0.3 is 0 Å². The number of imidazole rings is 1. The summed E-state index contributed by atoms with van der Waals surface area (Å²) in [7, 11) is 0. The van der Waals surface area contributed by atoms with E-state index in [2.05, 4.69) is 32.2 Å². The lowest BCUT2D eigenvalue weighted by Crippen LogP contribution is -2.05. The SMILES string of the molecule is Cc1cscc1Cn1c(C(C)Cl)nc2cnccc21. The van der Waals surface area contributed by atoms with Crippen LogP contribution < -0.4 is 0 Å². The highest BCUT2D eigenvalue weighted by Gasteiger charge is 2.15. The van der Waals surface area contributed by atoms with Crippen LogP contribution in [-0.2, 0) is 6.54 Å². The molecule has 0 aromatic carbocycles. The molecule has 0 fully saturated rings. The predicted molar refractivity (Wildman–Crippen MR) is 80.0 cm³/mol. The lowest BCUT2D eigenvalue weighted by atomic mass is 10.2.